The number of aromatic amines is 1. The first kappa shape index (κ1) is 14.0. The van der Waals surface area contributed by atoms with E-state index < -0.39 is 0 Å². The summed E-state index contributed by atoms with van der Waals surface area (Å²) in [6, 6.07) is 8.26. The van der Waals surface area contributed by atoms with E-state index in [-0.39, 0.29) is 6.04 Å². The summed E-state index contributed by atoms with van der Waals surface area (Å²) in [5.41, 5.74) is 2.11. The lowest BCUT2D eigenvalue weighted by molar-refractivity contribution is 0.165. The minimum absolute atomic E-state index is 0.182. The van der Waals surface area contributed by atoms with Crippen LogP contribution in [0.1, 0.15) is 31.4 Å². The summed E-state index contributed by atoms with van der Waals surface area (Å²) < 4.78 is 5.31. The molecule has 0 spiro atoms. The Balaban J connectivity index is 1.95. The van der Waals surface area contributed by atoms with Crippen LogP contribution in [0, 0.1) is 17.2 Å². The van der Waals surface area contributed by atoms with Gasteiger partial charge < -0.3 is 9.72 Å². The number of nitrogens with zero attached hydrogens (tertiary/aromatic N) is 2. The van der Waals surface area contributed by atoms with Crippen LogP contribution >= 0.6 is 0 Å². The molecule has 0 aliphatic carbocycles. The van der Waals surface area contributed by atoms with Crippen LogP contribution in [0.4, 0.5) is 0 Å². The van der Waals surface area contributed by atoms with Crippen molar-refractivity contribution < 1.29 is 4.74 Å². The number of hydrogen-bond donors (Lipinski definition) is 1. The van der Waals surface area contributed by atoms with Crippen LogP contribution in [0.5, 0.6) is 5.75 Å². The molecule has 21 heavy (non-hydrogen) atoms. The monoisotopic (exact) mass is 283 g/mol. The summed E-state index contributed by atoms with van der Waals surface area (Å²) in [4.78, 5) is 5.56. The largest absolute Gasteiger partial charge is 0.497 e. The number of nitrogens with one attached hydrogen (secondary N) is 1. The highest BCUT2D eigenvalue weighted by atomic mass is 16.5. The van der Waals surface area contributed by atoms with Crippen molar-refractivity contribution in [3.63, 3.8) is 0 Å². The van der Waals surface area contributed by atoms with Gasteiger partial charge in [-0.15, -0.1) is 0 Å². The predicted octanol–water partition coefficient (Wildman–Crippen LogP) is 3.47. The summed E-state index contributed by atoms with van der Waals surface area (Å²) >= 11 is 0. The highest BCUT2D eigenvalue weighted by Crippen LogP contribution is 2.32. The Morgan fingerprint density at radius 3 is 2.81 bits per heavy atom. The lowest BCUT2D eigenvalue weighted by atomic mass is 9.96. The molecule has 1 aliphatic heterocycles. The van der Waals surface area contributed by atoms with E-state index in [1.807, 2.05) is 24.4 Å². The molecule has 4 nitrogen and oxygen atoms in total. The maximum Gasteiger partial charge on any atom is 0.125 e. The second kappa shape index (κ2) is 5.79. The van der Waals surface area contributed by atoms with Gasteiger partial charge in [-0.05, 0) is 50.0 Å². The average molecular weight is 283 g/mol. The molecule has 1 aliphatic rings. The summed E-state index contributed by atoms with van der Waals surface area (Å²) in [6.45, 7) is 4.28. The molecule has 0 saturated carbocycles. The summed E-state index contributed by atoms with van der Waals surface area (Å²) in [5, 5.41) is 10.7. The van der Waals surface area contributed by atoms with Gasteiger partial charge in [-0.25, -0.2) is 0 Å². The van der Waals surface area contributed by atoms with Gasteiger partial charge in [0.1, 0.15) is 11.8 Å². The molecule has 2 aromatic rings. The van der Waals surface area contributed by atoms with E-state index in [4.69, 9.17) is 4.74 Å². The van der Waals surface area contributed by atoms with Crippen molar-refractivity contribution >= 4 is 10.9 Å². The van der Waals surface area contributed by atoms with Crippen LogP contribution in [-0.4, -0.2) is 30.1 Å². The molecular formula is C17H21N3O. The Hall–Kier alpha value is -1.99. The third-order valence-electron chi connectivity index (χ3n) is 4.52. The topological polar surface area (TPSA) is 52.1 Å². The molecule has 2 heterocycles. The van der Waals surface area contributed by atoms with Gasteiger partial charge in [0.2, 0.25) is 0 Å². The number of H-pyrrole nitrogens is 1. The van der Waals surface area contributed by atoms with E-state index in [1.54, 1.807) is 7.11 Å². The zero-order valence-corrected chi connectivity index (χ0v) is 12.6. The molecule has 1 N–H and O–H groups in total. The molecule has 110 valence electrons. The van der Waals surface area contributed by atoms with Crippen molar-refractivity contribution in [1.82, 2.24) is 9.88 Å². The van der Waals surface area contributed by atoms with Crippen molar-refractivity contribution in [1.29, 1.82) is 5.26 Å². The Morgan fingerprint density at radius 2 is 2.14 bits per heavy atom. The molecule has 1 atom stereocenters. The second-order valence-electron chi connectivity index (χ2n) is 5.91. The van der Waals surface area contributed by atoms with Gasteiger partial charge in [-0.1, -0.05) is 6.92 Å². The number of methoxy groups -OCH3 is 1. The van der Waals surface area contributed by atoms with Gasteiger partial charge in [0.15, 0.2) is 0 Å². The Morgan fingerprint density at radius 1 is 1.38 bits per heavy atom. The Kier molecular flexibility index (Phi) is 3.85. The number of likely N-dealkylation sites (tertiary alicyclic amines) is 1. The molecule has 0 radical (unpaired) electrons. The van der Waals surface area contributed by atoms with Gasteiger partial charge in [0.05, 0.1) is 13.2 Å². The first-order valence-electron chi connectivity index (χ1n) is 7.51. The average Bonchev–Trinajstić information content (AvgIpc) is 2.93. The quantitative estimate of drug-likeness (QED) is 0.938. The van der Waals surface area contributed by atoms with Crippen molar-refractivity contribution in [2.45, 2.75) is 25.8 Å². The minimum atomic E-state index is -0.182. The SMILES string of the molecule is COc1ccc2[nH]cc(C(C#N)N3CCC(C)CC3)c2c1. The van der Waals surface area contributed by atoms with Gasteiger partial charge >= 0.3 is 0 Å². The number of ether oxygens (including phenoxy) is 1. The number of piperidine rings is 1. The standard InChI is InChI=1S/C17H21N3O/c1-12-5-7-20(8-6-12)17(10-18)15-11-19-16-4-3-13(21-2)9-14(15)16/h3-4,9,11-12,17,19H,5-8H2,1-2H3. The Labute approximate surface area is 125 Å². The molecule has 1 saturated heterocycles. The third kappa shape index (κ3) is 2.62. The summed E-state index contributed by atoms with van der Waals surface area (Å²) in [6.07, 6.45) is 4.31. The Bertz CT molecular complexity index is 662. The highest BCUT2D eigenvalue weighted by Gasteiger charge is 2.26. The van der Waals surface area contributed by atoms with E-state index in [0.29, 0.717) is 0 Å². The van der Waals surface area contributed by atoms with Crippen molar-refractivity contribution in [2.24, 2.45) is 5.92 Å². The number of hydrogen-bond acceptors (Lipinski definition) is 3. The fourth-order valence-electron chi connectivity index (χ4n) is 3.11. The van der Waals surface area contributed by atoms with E-state index in [9.17, 15) is 5.26 Å². The zero-order chi connectivity index (χ0) is 14.8. The van der Waals surface area contributed by atoms with Crippen LogP contribution < -0.4 is 4.74 Å². The van der Waals surface area contributed by atoms with E-state index in [0.717, 1.165) is 41.2 Å². The molecule has 4 heteroatoms. The summed E-state index contributed by atoms with van der Waals surface area (Å²) in [5.74, 6) is 1.59. The normalized spacial score (nSPS) is 18.5. The van der Waals surface area contributed by atoms with Crippen molar-refractivity contribution in [3.8, 4) is 11.8 Å². The van der Waals surface area contributed by atoms with Crippen LogP contribution in [0.25, 0.3) is 10.9 Å². The number of nitriles is 1. The van der Waals surface area contributed by atoms with Crippen molar-refractivity contribution in [3.05, 3.63) is 30.0 Å². The predicted molar refractivity (Wildman–Crippen MR) is 83.2 cm³/mol. The number of aromatic nitrogens is 1. The lowest BCUT2D eigenvalue weighted by Crippen LogP contribution is -2.35. The molecule has 1 fully saturated rings. The lowest BCUT2D eigenvalue weighted by Gasteiger charge is -2.33. The molecule has 1 aromatic carbocycles. The molecular weight excluding hydrogens is 262 g/mol. The third-order valence-corrected chi connectivity index (χ3v) is 4.52. The molecule has 0 amide bonds. The van der Waals surface area contributed by atoms with Crippen molar-refractivity contribution in [2.75, 3.05) is 20.2 Å². The van der Waals surface area contributed by atoms with Gasteiger partial charge in [0, 0.05) is 22.7 Å². The maximum absolute atomic E-state index is 9.67. The zero-order valence-electron chi connectivity index (χ0n) is 12.6. The van der Waals surface area contributed by atoms with E-state index in [2.05, 4.69) is 22.9 Å². The number of rotatable bonds is 3. The number of benzene rings is 1. The first-order valence-corrected chi connectivity index (χ1v) is 7.51. The van der Waals surface area contributed by atoms with Crippen LogP contribution in [0.3, 0.4) is 0 Å². The maximum atomic E-state index is 9.67. The van der Waals surface area contributed by atoms with Gasteiger partial charge in [0.25, 0.3) is 0 Å². The van der Waals surface area contributed by atoms with Crippen LogP contribution in [0.2, 0.25) is 0 Å². The molecule has 3 rings (SSSR count). The molecule has 0 bridgehead atoms. The minimum Gasteiger partial charge on any atom is -0.497 e. The molecule has 1 aromatic heterocycles. The van der Waals surface area contributed by atoms with Crippen LogP contribution in [-0.2, 0) is 0 Å². The van der Waals surface area contributed by atoms with Gasteiger partial charge in [-0.2, -0.15) is 5.26 Å². The summed E-state index contributed by atoms with van der Waals surface area (Å²) in [7, 11) is 1.67. The first-order chi connectivity index (χ1) is 10.2. The van der Waals surface area contributed by atoms with Crippen LogP contribution in [0.15, 0.2) is 24.4 Å². The van der Waals surface area contributed by atoms with Gasteiger partial charge in [-0.3, -0.25) is 4.90 Å². The fourth-order valence-corrected chi connectivity index (χ4v) is 3.11. The highest BCUT2D eigenvalue weighted by molar-refractivity contribution is 5.85. The molecule has 1 unspecified atom stereocenters. The fraction of sp³-hybridized carbons (Fsp3) is 0.471. The smallest absolute Gasteiger partial charge is 0.125 e. The van der Waals surface area contributed by atoms with E-state index >= 15 is 0 Å². The second-order valence-corrected chi connectivity index (χ2v) is 5.91. The van der Waals surface area contributed by atoms with E-state index in [1.165, 1.54) is 12.8 Å². The number of fused-ring (bicyclic) bond motifs is 1.